The summed E-state index contributed by atoms with van der Waals surface area (Å²) < 4.78 is 12.1. The van der Waals surface area contributed by atoms with Crippen LogP contribution in [0.4, 0.5) is 0 Å². The minimum atomic E-state index is -0.122. The van der Waals surface area contributed by atoms with Gasteiger partial charge in [0.15, 0.2) is 23.9 Å². The van der Waals surface area contributed by atoms with Crippen LogP contribution in [0, 0.1) is 11.3 Å². The van der Waals surface area contributed by atoms with Crippen LogP contribution in [0.25, 0.3) is 22.9 Å². The van der Waals surface area contributed by atoms with Crippen molar-refractivity contribution >= 4 is 44.7 Å². The maximum atomic E-state index is 12.3. The molecule has 7 heteroatoms. The quantitative estimate of drug-likeness (QED) is 0.183. The van der Waals surface area contributed by atoms with Gasteiger partial charge in [-0.05, 0) is 35.9 Å². The lowest BCUT2D eigenvalue weighted by Crippen LogP contribution is -2.11. The first-order chi connectivity index (χ1) is 16.6. The third-order valence-corrected chi connectivity index (χ3v) is 6.30. The molecule has 1 heterocycles. The van der Waals surface area contributed by atoms with Gasteiger partial charge in [0, 0.05) is 21.0 Å². The highest BCUT2D eigenvalue weighted by molar-refractivity contribution is 9.10. The smallest absolute Gasteiger partial charge is 0.200 e. The highest BCUT2D eigenvalue weighted by Gasteiger charge is 2.12. The van der Waals surface area contributed by atoms with Gasteiger partial charge in [-0.3, -0.25) is 4.79 Å². The monoisotopic (exact) mass is 530 g/mol. The fourth-order valence-electron chi connectivity index (χ4n) is 3.23. The highest BCUT2D eigenvalue weighted by atomic mass is 79.9. The molecule has 168 valence electrons. The van der Waals surface area contributed by atoms with Crippen LogP contribution in [0.15, 0.2) is 82.6 Å². The molecule has 3 aromatic carbocycles. The molecule has 0 N–H and O–H groups in total. The number of aromatic nitrogens is 1. The molecule has 0 saturated heterocycles. The Labute approximate surface area is 210 Å². The van der Waals surface area contributed by atoms with E-state index in [0.717, 1.165) is 21.3 Å². The number of hydrogen-bond donors (Lipinski definition) is 0. The molecule has 0 saturated carbocycles. The number of Topliss-reactive ketones (excluding diaryl/α,β-unsaturated/α-hetero) is 1. The van der Waals surface area contributed by atoms with Crippen molar-refractivity contribution in [1.82, 2.24) is 4.98 Å². The van der Waals surface area contributed by atoms with Gasteiger partial charge >= 0.3 is 0 Å². The normalized spacial score (nSPS) is 11.0. The van der Waals surface area contributed by atoms with Crippen LogP contribution in [0.1, 0.15) is 20.9 Å². The number of ether oxygens (including phenoxy) is 2. The maximum absolute atomic E-state index is 12.3. The summed E-state index contributed by atoms with van der Waals surface area (Å²) in [4.78, 5) is 17.0. The van der Waals surface area contributed by atoms with E-state index in [2.05, 4.69) is 27.0 Å². The molecular formula is C27H19BrN2O3S. The zero-order valence-electron chi connectivity index (χ0n) is 18.2. The average Bonchev–Trinajstić information content (AvgIpc) is 3.37. The summed E-state index contributed by atoms with van der Waals surface area (Å²) in [5, 5.41) is 12.3. The molecule has 0 spiro atoms. The number of methoxy groups -OCH3 is 1. The summed E-state index contributed by atoms with van der Waals surface area (Å²) in [5.74, 6) is 0.804. The standard InChI is InChI=1S/C27H19BrN2O3S/c1-32-26-13-18(10-11-25(26)33-16-24(31)19-6-3-2-4-7-19)12-21(15-29)27-30-23(17-34-27)20-8-5-9-22(28)14-20/h2-14,17H,16H2,1H3. The van der Waals surface area contributed by atoms with Gasteiger partial charge in [-0.2, -0.15) is 5.26 Å². The van der Waals surface area contributed by atoms with Crippen molar-refractivity contribution in [2.45, 2.75) is 0 Å². The van der Waals surface area contributed by atoms with Crippen molar-refractivity contribution < 1.29 is 14.3 Å². The molecule has 0 atom stereocenters. The molecule has 0 bridgehead atoms. The van der Waals surface area contributed by atoms with Gasteiger partial charge in [0.25, 0.3) is 0 Å². The fraction of sp³-hybridized carbons (Fsp3) is 0.0741. The highest BCUT2D eigenvalue weighted by Crippen LogP contribution is 2.32. The molecule has 0 aliphatic heterocycles. The van der Waals surface area contributed by atoms with E-state index in [1.54, 1.807) is 30.3 Å². The zero-order chi connectivity index (χ0) is 23.9. The zero-order valence-corrected chi connectivity index (χ0v) is 20.6. The first-order valence-corrected chi connectivity index (χ1v) is 12.0. The number of carbonyl (C=O) groups is 1. The molecule has 4 rings (SSSR count). The second kappa shape index (κ2) is 10.9. The van der Waals surface area contributed by atoms with E-state index in [1.807, 2.05) is 53.9 Å². The van der Waals surface area contributed by atoms with Crippen LogP contribution in [-0.2, 0) is 0 Å². The number of allylic oxidation sites excluding steroid dienone is 1. The van der Waals surface area contributed by atoms with Crippen molar-refractivity contribution in [1.29, 1.82) is 5.26 Å². The van der Waals surface area contributed by atoms with Gasteiger partial charge in [0.05, 0.1) is 18.4 Å². The lowest BCUT2D eigenvalue weighted by atomic mass is 10.1. The molecule has 0 aliphatic carbocycles. The number of rotatable bonds is 8. The summed E-state index contributed by atoms with van der Waals surface area (Å²) in [6.45, 7) is -0.101. The van der Waals surface area contributed by atoms with Gasteiger partial charge in [0.2, 0.25) is 0 Å². The summed E-state index contributed by atoms with van der Waals surface area (Å²) in [7, 11) is 1.53. The van der Waals surface area contributed by atoms with Crippen LogP contribution in [0.2, 0.25) is 0 Å². The molecule has 0 unspecified atom stereocenters. The Balaban J connectivity index is 1.53. The van der Waals surface area contributed by atoms with Gasteiger partial charge in [0.1, 0.15) is 11.1 Å². The van der Waals surface area contributed by atoms with E-state index in [9.17, 15) is 10.1 Å². The number of halogens is 1. The lowest BCUT2D eigenvalue weighted by molar-refractivity contribution is 0.0919. The predicted molar refractivity (Wildman–Crippen MR) is 138 cm³/mol. The molecule has 0 fully saturated rings. The van der Waals surface area contributed by atoms with E-state index in [1.165, 1.54) is 18.4 Å². The second-order valence-corrected chi connectivity index (χ2v) is 8.98. The average molecular weight is 531 g/mol. The number of carbonyl (C=O) groups excluding carboxylic acids is 1. The second-order valence-electron chi connectivity index (χ2n) is 7.21. The van der Waals surface area contributed by atoms with Gasteiger partial charge in [-0.15, -0.1) is 11.3 Å². The summed E-state index contributed by atoms with van der Waals surface area (Å²) in [6.07, 6.45) is 1.75. The molecule has 0 radical (unpaired) electrons. The molecule has 4 aromatic rings. The summed E-state index contributed by atoms with van der Waals surface area (Å²) >= 11 is 4.89. The predicted octanol–water partition coefficient (Wildman–Crippen LogP) is 6.91. The Kier molecular flexibility index (Phi) is 7.53. The van der Waals surface area contributed by atoms with Crippen LogP contribution < -0.4 is 9.47 Å². The minimum Gasteiger partial charge on any atom is -0.493 e. The molecule has 1 aromatic heterocycles. The third-order valence-electron chi connectivity index (χ3n) is 4.93. The Morgan fingerprint density at radius 1 is 1.09 bits per heavy atom. The number of ketones is 1. The van der Waals surface area contributed by atoms with Crippen molar-refractivity contribution in [3.8, 4) is 28.8 Å². The van der Waals surface area contributed by atoms with E-state index in [0.29, 0.717) is 27.6 Å². The number of benzene rings is 3. The maximum Gasteiger partial charge on any atom is 0.200 e. The number of nitriles is 1. The molecular weight excluding hydrogens is 512 g/mol. The molecule has 0 amide bonds. The van der Waals surface area contributed by atoms with E-state index in [-0.39, 0.29) is 12.4 Å². The number of thiazole rings is 1. The molecule has 5 nitrogen and oxygen atoms in total. The molecule has 34 heavy (non-hydrogen) atoms. The molecule has 0 aliphatic rings. The van der Waals surface area contributed by atoms with Crippen molar-refractivity contribution in [3.63, 3.8) is 0 Å². The van der Waals surface area contributed by atoms with Crippen molar-refractivity contribution in [2.75, 3.05) is 13.7 Å². The number of nitrogens with zero attached hydrogens (tertiary/aromatic N) is 2. The number of hydrogen-bond acceptors (Lipinski definition) is 6. The van der Waals surface area contributed by atoms with Gasteiger partial charge in [-0.25, -0.2) is 4.98 Å². The first-order valence-electron chi connectivity index (χ1n) is 10.3. The van der Waals surface area contributed by atoms with E-state index >= 15 is 0 Å². The topological polar surface area (TPSA) is 72.2 Å². The SMILES string of the molecule is COc1cc(C=C(C#N)c2nc(-c3cccc(Br)c3)cs2)ccc1OCC(=O)c1ccccc1. The lowest BCUT2D eigenvalue weighted by Gasteiger charge is -2.11. The van der Waals surface area contributed by atoms with Gasteiger partial charge in [-0.1, -0.05) is 64.5 Å². The van der Waals surface area contributed by atoms with Crippen LogP contribution in [0.3, 0.4) is 0 Å². The first kappa shape index (κ1) is 23.4. The third kappa shape index (κ3) is 5.60. The van der Waals surface area contributed by atoms with Gasteiger partial charge < -0.3 is 9.47 Å². The van der Waals surface area contributed by atoms with Crippen LogP contribution in [0.5, 0.6) is 11.5 Å². The Morgan fingerprint density at radius 2 is 1.91 bits per heavy atom. The fourth-order valence-corrected chi connectivity index (χ4v) is 4.42. The summed E-state index contributed by atoms with van der Waals surface area (Å²) in [5.41, 5.74) is 3.58. The van der Waals surface area contributed by atoms with Crippen molar-refractivity contribution in [3.05, 3.63) is 98.8 Å². The van der Waals surface area contributed by atoms with E-state index in [4.69, 9.17) is 9.47 Å². The Morgan fingerprint density at radius 3 is 2.65 bits per heavy atom. The Hall–Kier alpha value is -3.73. The largest absolute Gasteiger partial charge is 0.493 e. The van der Waals surface area contributed by atoms with Crippen molar-refractivity contribution in [2.24, 2.45) is 0 Å². The van der Waals surface area contributed by atoms with E-state index < -0.39 is 0 Å². The summed E-state index contributed by atoms with van der Waals surface area (Å²) in [6, 6.07) is 24.4. The van der Waals surface area contributed by atoms with Crippen LogP contribution >= 0.6 is 27.3 Å². The van der Waals surface area contributed by atoms with Crippen LogP contribution in [-0.4, -0.2) is 24.5 Å². The minimum absolute atomic E-state index is 0.101. The Bertz CT molecular complexity index is 1390.